The van der Waals surface area contributed by atoms with Crippen LogP contribution in [0, 0.1) is 5.92 Å². The van der Waals surface area contributed by atoms with Crippen LogP contribution in [0.15, 0.2) is 24.3 Å². The fourth-order valence-electron chi connectivity index (χ4n) is 1.18. The molecule has 1 N–H and O–H groups in total. The van der Waals surface area contributed by atoms with Crippen molar-refractivity contribution in [3.8, 4) is 0 Å². The summed E-state index contributed by atoms with van der Waals surface area (Å²) in [4.78, 5) is 22.4. The monoisotopic (exact) mass is 259 g/mol. The highest BCUT2D eigenvalue weighted by atomic mass is 19.4. The van der Waals surface area contributed by atoms with Gasteiger partial charge in [0.25, 0.3) is 0 Å². The smallest absolute Gasteiger partial charge is 0.325 e. The standard InChI is InChI=1S/C12H12F3NO2/c1-7(8(2)17)11(18)16-10-5-3-9(4-6-10)12(13,14)15/h3-7H,1-2H3,(H,16,18). The zero-order valence-electron chi connectivity index (χ0n) is 9.84. The van der Waals surface area contributed by atoms with E-state index in [9.17, 15) is 22.8 Å². The van der Waals surface area contributed by atoms with Crippen molar-refractivity contribution in [1.29, 1.82) is 0 Å². The Balaban J connectivity index is 2.76. The third-order valence-electron chi connectivity index (χ3n) is 2.48. The van der Waals surface area contributed by atoms with Gasteiger partial charge in [-0.15, -0.1) is 0 Å². The van der Waals surface area contributed by atoms with Gasteiger partial charge in [0.2, 0.25) is 5.91 Å². The second kappa shape index (κ2) is 5.20. The molecule has 0 aliphatic rings. The predicted molar refractivity (Wildman–Crippen MR) is 59.9 cm³/mol. The molecule has 1 unspecified atom stereocenters. The largest absolute Gasteiger partial charge is 0.416 e. The minimum atomic E-state index is -4.41. The maximum absolute atomic E-state index is 12.3. The first-order valence-corrected chi connectivity index (χ1v) is 5.20. The van der Waals surface area contributed by atoms with Crippen LogP contribution < -0.4 is 5.32 Å². The van der Waals surface area contributed by atoms with Crippen LogP contribution in [-0.4, -0.2) is 11.7 Å². The predicted octanol–water partition coefficient (Wildman–Crippen LogP) is 2.87. The number of hydrogen-bond acceptors (Lipinski definition) is 2. The lowest BCUT2D eigenvalue weighted by Gasteiger charge is -2.10. The molecule has 0 aliphatic heterocycles. The van der Waals surface area contributed by atoms with Gasteiger partial charge >= 0.3 is 6.18 Å². The zero-order valence-corrected chi connectivity index (χ0v) is 9.84. The molecule has 18 heavy (non-hydrogen) atoms. The number of benzene rings is 1. The Kier molecular flexibility index (Phi) is 4.11. The Labute approximate surface area is 102 Å². The van der Waals surface area contributed by atoms with E-state index >= 15 is 0 Å². The molecule has 0 saturated heterocycles. The van der Waals surface area contributed by atoms with Gasteiger partial charge in [-0.2, -0.15) is 13.2 Å². The number of carbonyl (C=O) groups is 2. The molecule has 1 rings (SSSR count). The van der Waals surface area contributed by atoms with Crippen LogP contribution in [0.2, 0.25) is 0 Å². The van der Waals surface area contributed by atoms with Crippen LogP contribution in [0.4, 0.5) is 18.9 Å². The highest BCUT2D eigenvalue weighted by Gasteiger charge is 2.30. The van der Waals surface area contributed by atoms with Crippen molar-refractivity contribution < 1.29 is 22.8 Å². The molecular formula is C12H12F3NO2. The average Bonchev–Trinajstić information content (AvgIpc) is 2.27. The number of carbonyl (C=O) groups excluding carboxylic acids is 2. The molecule has 0 spiro atoms. The van der Waals surface area contributed by atoms with Gasteiger partial charge in [-0.3, -0.25) is 9.59 Å². The molecule has 3 nitrogen and oxygen atoms in total. The van der Waals surface area contributed by atoms with Crippen LogP contribution in [0.5, 0.6) is 0 Å². The molecule has 0 fully saturated rings. The second-order valence-corrected chi connectivity index (χ2v) is 3.90. The minimum Gasteiger partial charge on any atom is -0.325 e. The number of Topliss-reactive ketones (excluding diaryl/α,β-unsaturated/α-hetero) is 1. The lowest BCUT2D eigenvalue weighted by molar-refractivity contribution is -0.137. The molecule has 0 saturated carbocycles. The van der Waals surface area contributed by atoms with Gasteiger partial charge in [0.05, 0.1) is 11.5 Å². The summed E-state index contributed by atoms with van der Waals surface area (Å²) < 4.78 is 36.9. The molecule has 1 aromatic rings. The van der Waals surface area contributed by atoms with Crippen LogP contribution in [0.1, 0.15) is 19.4 Å². The summed E-state index contributed by atoms with van der Waals surface area (Å²) in [5, 5.41) is 2.37. The highest BCUT2D eigenvalue weighted by Crippen LogP contribution is 2.29. The summed E-state index contributed by atoms with van der Waals surface area (Å²) in [6, 6.07) is 4.03. The van der Waals surface area contributed by atoms with Gasteiger partial charge in [-0.25, -0.2) is 0 Å². The first-order chi connectivity index (χ1) is 8.21. The van der Waals surface area contributed by atoms with E-state index in [-0.39, 0.29) is 11.5 Å². The fourth-order valence-corrected chi connectivity index (χ4v) is 1.18. The van der Waals surface area contributed by atoms with E-state index in [2.05, 4.69) is 5.32 Å². The quantitative estimate of drug-likeness (QED) is 0.848. The number of anilines is 1. The lowest BCUT2D eigenvalue weighted by Crippen LogP contribution is -2.25. The van der Waals surface area contributed by atoms with Gasteiger partial charge < -0.3 is 5.32 Å². The summed E-state index contributed by atoms with van der Waals surface area (Å²) in [5.74, 6) is -1.67. The number of amides is 1. The van der Waals surface area contributed by atoms with Crippen molar-refractivity contribution in [3.63, 3.8) is 0 Å². The van der Waals surface area contributed by atoms with E-state index in [0.29, 0.717) is 0 Å². The Morgan fingerprint density at radius 3 is 2.06 bits per heavy atom. The number of halogens is 3. The molecule has 1 atom stereocenters. The van der Waals surface area contributed by atoms with Crippen molar-refractivity contribution in [2.45, 2.75) is 20.0 Å². The van der Waals surface area contributed by atoms with Gasteiger partial charge in [-0.1, -0.05) is 0 Å². The first-order valence-electron chi connectivity index (χ1n) is 5.20. The summed E-state index contributed by atoms with van der Waals surface area (Å²) >= 11 is 0. The van der Waals surface area contributed by atoms with Crippen LogP contribution >= 0.6 is 0 Å². The maximum Gasteiger partial charge on any atom is 0.416 e. The number of hydrogen-bond donors (Lipinski definition) is 1. The normalized spacial score (nSPS) is 12.9. The molecule has 0 bridgehead atoms. The van der Waals surface area contributed by atoms with Crippen LogP contribution in [0.25, 0.3) is 0 Å². The van der Waals surface area contributed by atoms with Crippen molar-refractivity contribution in [3.05, 3.63) is 29.8 Å². The minimum absolute atomic E-state index is 0.223. The van der Waals surface area contributed by atoms with E-state index in [4.69, 9.17) is 0 Å². The van der Waals surface area contributed by atoms with Crippen molar-refractivity contribution >= 4 is 17.4 Å². The molecule has 0 aliphatic carbocycles. The summed E-state index contributed by atoms with van der Waals surface area (Å²) in [6.07, 6.45) is -4.41. The third kappa shape index (κ3) is 3.58. The second-order valence-electron chi connectivity index (χ2n) is 3.90. The SMILES string of the molecule is CC(=O)C(C)C(=O)Nc1ccc(C(F)(F)F)cc1. The summed E-state index contributed by atoms with van der Waals surface area (Å²) in [6.45, 7) is 2.71. The lowest BCUT2D eigenvalue weighted by atomic mass is 10.1. The molecule has 1 amide bonds. The molecule has 1 aromatic carbocycles. The van der Waals surface area contributed by atoms with Crippen molar-refractivity contribution in [1.82, 2.24) is 0 Å². The van der Waals surface area contributed by atoms with Gasteiger partial charge in [-0.05, 0) is 38.1 Å². The summed E-state index contributed by atoms with van der Waals surface area (Å²) in [5.41, 5.74) is -0.568. The van der Waals surface area contributed by atoms with E-state index < -0.39 is 23.6 Å². The maximum atomic E-state index is 12.3. The van der Waals surface area contributed by atoms with E-state index in [1.807, 2.05) is 0 Å². The molecule has 0 aromatic heterocycles. The van der Waals surface area contributed by atoms with Gasteiger partial charge in [0.15, 0.2) is 0 Å². The summed E-state index contributed by atoms with van der Waals surface area (Å²) in [7, 11) is 0. The van der Waals surface area contributed by atoms with E-state index in [1.54, 1.807) is 0 Å². The Morgan fingerprint density at radius 1 is 1.17 bits per heavy atom. The topological polar surface area (TPSA) is 46.2 Å². The van der Waals surface area contributed by atoms with E-state index in [0.717, 1.165) is 24.3 Å². The Hall–Kier alpha value is -1.85. The first kappa shape index (κ1) is 14.2. The highest BCUT2D eigenvalue weighted by molar-refractivity contribution is 6.06. The van der Waals surface area contributed by atoms with Crippen LogP contribution in [-0.2, 0) is 15.8 Å². The van der Waals surface area contributed by atoms with Crippen LogP contribution in [0.3, 0.4) is 0 Å². The average molecular weight is 259 g/mol. The number of rotatable bonds is 3. The third-order valence-corrected chi connectivity index (χ3v) is 2.48. The Morgan fingerprint density at radius 2 is 1.67 bits per heavy atom. The van der Waals surface area contributed by atoms with Crippen molar-refractivity contribution in [2.24, 2.45) is 5.92 Å². The van der Waals surface area contributed by atoms with Gasteiger partial charge in [0, 0.05) is 5.69 Å². The van der Waals surface area contributed by atoms with Crippen molar-refractivity contribution in [2.75, 3.05) is 5.32 Å². The van der Waals surface area contributed by atoms with Gasteiger partial charge in [0.1, 0.15) is 5.78 Å². The molecule has 0 radical (unpaired) electrons. The molecular weight excluding hydrogens is 247 g/mol. The number of nitrogens with one attached hydrogen (secondary N) is 1. The zero-order chi connectivity index (χ0) is 13.9. The molecule has 6 heteroatoms. The number of ketones is 1. The fraction of sp³-hybridized carbons (Fsp3) is 0.333. The molecule has 98 valence electrons. The number of alkyl halides is 3. The van der Waals surface area contributed by atoms with E-state index in [1.165, 1.54) is 13.8 Å². The molecule has 0 heterocycles. The Bertz CT molecular complexity index is 451.